The van der Waals surface area contributed by atoms with Crippen LogP contribution in [0.2, 0.25) is 0 Å². The molecule has 2 heteroatoms. The van der Waals surface area contributed by atoms with E-state index < -0.39 is 0 Å². The van der Waals surface area contributed by atoms with Gasteiger partial charge in [0, 0.05) is 6.21 Å². The summed E-state index contributed by atoms with van der Waals surface area (Å²) >= 11 is 0. The summed E-state index contributed by atoms with van der Waals surface area (Å²) in [5, 5.41) is 11.3. The van der Waals surface area contributed by atoms with E-state index in [1.807, 2.05) is 0 Å². The van der Waals surface area contributed by atoms with E-state index in [-0.39, 0.29) is 0 Å². The number of hydrogen-bond acceptors (Lipinski definition) is 2. The lowest BCUT2D eigenvalue weighted by Gasteiger charge is -2.04. The molecule has 156 valence electrons. The molecule has 0 heterocycles. The first-order chi connectivity index (χ1) is 12.9. The van der Waals surface area contributed by atoms with Gasteiger partial charge in [0.1, 0.15) is 0 Å². The molecule has 0 radical (unpaired) electrons. The molecule has 0 bridgehead atoms. The van der Waals surface area contributed by atoms with Gasteiger partial charge in [-0.15, -0.1) is 5.16 Å². The van der Waals surface area contributed by atoms with Crippen LogP contribution in [0.5, 0.6) is 0 Å². The number of unbranched alkanes of at least 4 members (excludes halogenated alkanes) is 21. The van der Waals surface area contributed by atoms with E-state index in [1.165, 1.54) is 135 Å². The molecule has 2 nitrogen and oxygen atoms in total. The molecular formula is C24H49NO. The molecule has 0 amide bonds. The van der Waals surface area contributed by atoms with E-state index in [1.54, 1.807) is 6.21 Å². The van der Waals surface area contributed by atoms with Gasteiger partial charge in [-0.1, -0.05) is 135 Å². The average Bonchev–Trinajstić information content (AvgIpc) is 2.66. The fourth-order valence-corrected chi connectivity index (χ4v) is 3.73. The number of oxime groups is 1. The lowest BCUT2D eigenvalue weighted by molar-refractivity contribution is 0.320. The second kappa shape index (κ2) is 24.5. The van der Waals surface area contributed by atoms with Crippen molar-refractivity contribution in [1.82, 2.24) is 0 Å². The first-order valence-corrected chi connectivity index (χ1v) is 12.1. The molecule has 0 unspecified atom stereocenters. The van der Waals surface area contributed by atoms with Crippen LogP contribution in [0, 0.1) is 0 Å². The number of hydrogen-bond donors (Lipinski definition) is 1. The third-order valence-electron chi connectivity index (χ3n) is 5.52. The molecule has 0 saturated carbocycles. The predicted molar refractivity (Wildman–Crippen MR) is 118 cm³/mol. The molecule has 0 rings (SSSR count). The van der Waals surface area contributed by atoms with Crippen molar-refractivity contribution in [3.63, 3.8) is 0 Å². The van der Waals surface area contributed by atoms with E-state index in [4.69, 9.17) is 5.21 Å². The van der Waals surface area contributed by atoms with E-state index in [0.717, 1.165) is 6.42 Å². The second-order valence-electron chi connectivity index (χ2n) is 8.16. The van der Waals surface area contributed by atoms with Crippen molar-refractivity contribution in [3.8, 4) is 0 Å². The quantitative estimate of drug-likeness (QED) is 0.0879. The summed E-state index contributed by atoms with van der Waals surface area (Å²) in [5.41, 5.74) is 0. The van der Waals surface area contributed by atoms with Crippen LogP contribution in [0.15, 0.2) is 5.16 Å². The third-order valence-corrected chi connectivity index (χ3v) is 5.52. The maximum absolute atomic E-state index is 8.30. The molecule has 0 aliphatic rings. The van der Waals surface area contributed by atoms with Gasteiger partial charge >= 0.3 is 0 Å². The normalized spacial score (nSPS) is 11.6. The summed E-state index contributed by atoms with van der Waals surface area (Å²) < 4.78 is 0. The molecule has 26 heavy (non-hydrogen) atoms. The number of nitrogens with zero attached hydrogens (tertiary/aromatic N) is 1. The van der Waals surface area contributed by atoms with Crippen molar-refractivity contribution >= 4 is 6.21 Å². The van der Waals surface area contributed by atoms with Crippen LogP contribution in [-0.2, 0) is 0 Å². The van der Waals surface area contributed by atoms with Gasteiger partial charge in [0.05, 0.1) is 0 Å². The largest absolute Gasteiger partial charge is 0.411 e. The third kappa shape index (κ3) is 23.5. The molecule has 0 saturated heterocycles. The Morgan fingerprint density at radius 2 is 0.731 bits per heavy atom. The number of rotatable bonds is 22. The summed E-state index contributed by atoms with van der Waals surface area (Å²) in [6, 6.07) is 0. The van der Waals surface area contributed by atoms with E-state index >= 15 is 0 Å². The first-order valence-electron chi connectivity index (χ1n) is 12.1. The fourth-order valence-electron chi connectivity index (χ4n) is 3.73. The van der Waals surface area contributed by atoms with Crippen molar-refractivity contribution < 1.29 is 5.21 Å². The Hall–Kier alpha value is -0.530. The zero-order valence-electron chi connectivity index (χ0n) is 18.0. The Morgan fingerprint density at radius 3 is 1.00 bits per heavy atom. The van der Waals surface area contributed by atoms with Crippen molar-refractivity contribution in [2.24, 2.45) is 5.16 Å². The maximum atomic E-state index is 8.30. The molecule has 0 aromatic rings. The smallest absolute Gasteiger partial charge is 0.0435 e. The minimum absolute atomic E-state index is 0.926. The molecule has 0 fully saturated rings. The summed E-state index contributed by atoms with van der Waals surface area (Å²) in [7, 11) is 0. The van der Waals surface area contributed by atoms with Crippen LogP contribution in [0.25, 0.3) is 0 Å². The van der Waals surface area contributed by atoms with E-state index in [9.17, 15) is 0 Å². The van der Waals surface area contributed by atoms with Gasteiger partial charge in [0.15, 0.2) is 0 Å². The molecule has 1 N–H and O–H groups in total. The van der Waals surface area contributed by atoms with Crippen LogP contribution in [0.4, 0.5) is 0 Å². The predicted octanol–water partition coefficient (Wildman–Crippen LogP) is 9.05. The Labute approximate surface area is 165 Å². The van der Waals surface area contributed by atoms with Crippen LogP contribution in [-0.4, -0.2) is 11.4 Å². The summed E-state index contributed by atoms with van der Waals surface area (Å²) in [6.07, 6.45) is 32.4. The Kier molecular flexibility index (Phi) is 24.0. The van der Waals surface area contributed by atoms with Crippen LogP contribution < -0.4 is 0 Å². The highest BCUT2D eigenvalue weighted by atomic mass is 16.4. The second-order valence-corrected chi connectivity index (χ2v) is 8.16. The van der Waals surface area contributed by atoms with Crippen molar-refractivity contribution in [2.75, 3.05) is 0 Å². The molecule has 0 atom stereocenters. The zero-order chi connectivity index (χ0) is 19.0. The summed E-state index contributed by atoms with van der Waals surface area (Å²) in [6.45, 7) is 2.29. The van der Waals surface area contributed by atoms with Gasteiger partial charge in [-0.2, -0.15) is 0 Å². The molecule has 0 aromatic heterocycles. The topological polar surface area (TPSA) is 32.6 Å². The SMILES string of the molecule is CCCCCCCCCCCCCCCCCCCCCCCC=NO. The van der Waals surface area contributed by atoms with E-state index in [2.05, 4.69) is 12.1 Å². The molecule has 0 spiro atoms. The highest BCUT2D eigenvalue weighted by Gasteiger charge is 1.95. The van der Waals surface area contributed by atoms with Gasteiger partial charge in [0.25, 0.3) is 0 Å². The maximum Gasteiger partial charge on any atom is 0.0435 e. The highest BCUT2D eigenvalue weighted by Crippen LogP contribution is 2.15. The Bertz CT molecular complexity index is 265. The van der Waals surface area contributed by atoms with Gasteiger partial charge < -0.3 is 5.21 Å². The first kappa shape index (κ1) is 25.5. The molecule has 0 aliphatic carbocycles. The average molecular weight is 368 g/mol. The lowest BCUT2D eigenvalue weighted by Crippen LogP contribution is -1.84. The highest BCUT2D eigenvalue weighted by molar-refractivity contribution is 5.55. The Morgan fingerprint density at radius 1 is 0.462 bits per heavy atom. The zero-order valence-corrected chi connectivity index (χ0v) is 18.0. The van der Waals surface area contributed by atoms with Gasteiger partial charge in [-0.25, -0.2) is 0 Å². The minimum Gasteiger partial charge on any atom is -0.411 e. The van der Waals surface area contributed by atoms with Gasteiger partial charge in [0.2, 0.25) is 0 Å². The van der Waals surface area contributed by atoms with Crippen molar-refractivity contribution in [1.29, 1.82) is 0 Å². The van der Waals surface area contributed by atoms with Crippen molar-refractivity contribution in [2.45, 2.75) is 148 Å². The molecule has 0 aliphatic heterocycles. The van der Waals surface area contributed by atoms with E-state index in [0.29, 0.717) is 0 Å². The fraction of sp³-hybridized carbons (Fsp3) is 0.958. The lowest BCUT2D eigenvalue weighted by atomic mass is 10.0. The van der Waals surface area contributed by atoms with Gasteiger partial charge in [-0.3, -0.25) is 0 Å². The monoisotopic (exact) mass is 367 g/mol. The molecule has 0 aromatic carbocycles. The van der Waals surface area contributed by atoms with Crippen molar-refractivity contribution in [3.05, 3.63) is 0 Å². The summed E-state index contributed by atoms with van der Waals surface area (Å²) in [5.74, 6) is 0. The van der Waals surface area contributed by atoms with Crippen LogP contribution in [0.3, 0.4) is 0 Å². The Balaban J connectivity index is 2.97. The molecular weight excluding hydrogens is 318 g/mol. The standard InChI is InChI=1S/C24H49NO/c1-2-3-4-5-6-7-8-9-10-11-12-13-14-15-16-17-18-19-20-21-22-23-24-25-26/h24,26H,2-23H2,1H3. The summed E-state index contributed by atoms with van der Waals surface area (Å²) in [4.78, 5) is 0. The van der Waals surface area contributed by atoms with Crippen LogP contribution in [0.1, 0.15) is 148 Å². The minimum atomic E-state index is 0.926. The van der Waals surface area contributed by atoms with Gasteiger partial charge in [-0.05, 0) is 12.8 Å². The van der Waals surface area contributed by atoms with Crippen LogP contribution >= 0.6 is 0 Å².